The van der Waals surface area contributed by atoms with Gasteiger partial charge in [0.15, 0.2) is 0 Å². The molecule has 0 aromatic heterocycles. The molecule has 2 heteroatoms. The van der Waals surface area contributed by atoms with Crippen molar-refractivity contribution in [2.75, 3.05) is 13.1 Å². The third-order valence-electron chi connectivity index (χ3n) is 4.49. The Hall–Kier alpha value is -0.0800. The molecule has 0 bridgehead atoms. The van der Waals surface area contributed by atoms with Crippen LogP contribution < -0.4 is 5.73 Å². The quantitative estimate of drug-likeness (QED) is 0.706. The van der Waals surface area contributed by atoms with Gasteiger partial charge in [0, 0.05) is 12.1 Å². The van der Waals surface area contributed by atoms with Crippen LogP contribution in [0.15, 0.2) is 0 Å². The Labute approximate surface area is 121 Å². The van der Waals surface area contributed by atoms with Crippen molar-refractivity contribution in [2.45, 2.75) is 84.7 Å². The van der Waals surface area contributed by atoms with Crippen LogP contribution in [0.2, 0.25) is 0 Å². The normalized spacial score (nSPS) is 25.3. The molecular weight excluding hydrogens is 232 g/mol. The van der Waals surface area contributed by atoms with Crippen LogP contribution in [-0.2, 0) is 0 Å². The van der Waals surface area contributed by atoms with E-state index in [1.807, 2.05) is 0 Å². The Balaban J connectivity index is 2.57. The minimum absolute atomic E-state index is 0.404. The summed E-state index contributed by atoms with van der Waals surface area (Å²) in [7, 11) is 0. The van der Waals surface area contributed by atoms with Gasteiger partial charge in [-0.2, -0.15) is 0 Å². The van der Waals surface area contributed by atoms with Gasteiger partial charge in [-0.3, -0.25) is 4.90 Å². The lowest BCUT2D eigenvalue weighted by atomic mass is 9.99. The maximum absolute atomic E-state index is 6.45. The van der Waals surface area contributed by atoms with Gasteiger partial charge >= 0.3 is 0 Å². The molecule has 2 nitrogen and oxygen atoms in total. The fourth-order valence-electron chi connectivity index (χ4n) is 3.06. The lowest BCUT2D eigenvalue weighted by Crippen LogP contribution is -2.48. The minimum Gasteiger partial charge on any atom is -0.326 e. The molecule has 1 fully saturated rings. The first-order valence-electron chi connectivity index (χ1n) is 8.50. The van der Waals surface area contributed by atoms with Crippen LogP contribution in [0.25, 0.3) is 0 Å². The molecule has 1 rings (SSSR count). The predicted octanol–water partition coefficient (Wildman–Crippen LogP) is 4.04. The van der Waals surface area contributed by atoms with Crippen LogP contribution in [0, 0.1) is 11.8 Å². The maximum atomic E-state index is 6.45. The van der Waals surface area contributed by atoms with E-state index >= 15 is 0 Å². The zero-order valence-electron chi connectivity index (χ0n) is 13.7. The molecule has 1 aliphatic rings. The van der Waals surface area contributed by atoms with Crippen LogP contribution in [0.4, 0.5) is 0 Å². The third-order valence-corrected chi connectivity index (χ3v) is 4.49. The van der Waals surface area contributed by atoms with Gasteiger partial charge in [-0.05, 0) is 50.6 Å². The second kappa shape index (κ2) is 8.97. The van der Waals surface area contributed by atoms with Crippen molar-refractivity contribution in [3.05, 3.63) is 0 Å². The molecule has 1 aliphatic carbocycles. The van der Waals surface area contributed by atoms with E-state index in [4.69, 9.17) is 5.73 Å². The highest BCUT2D eigenvalue weighted by atomic mass is 15.2. The van der Waals surface area contributed by atoms with E-state index in [1.54, 1.807) is 0 Å². The van der Waals surface area contributed by atoms with E-state index < -0.39 is 0 Å². The number of hydrogen-bond acceptors (Lipinski definition) is 2. The molecule has 2 atom stereocenters. The molecule has 0 radical (unpaired) electrons. The van der Waals surface area contributed by atoms with E-state index in [9.17, 15) is 0 Å². The topological polar surface area (TPSA) is 29.3 Å². The molecule has 0 spiro atoms. The van der Waals surface area contributed by atoms with Crippen molar-refractivity contribution in [2.24, 2.45) is 17.6 Å². The molecule has 114 valence electrons. The molecule has 0 saturated heterocycles. The number of hydrogen-bond donors (Lipinski definition) is 1. The van der Waals surface area contributed by atoms with Crippen molar-refractivity contribution >= 4 is 0 Å². The molecular formula is C17H36N2. The van der Waals surface area contributed by atoms with Crippen LogP contribution in [0.5, 0.6) is 0 Å². The molecule has 2 N–H and O–H groups in total. The summed E-state index contributed by atoms with van der Waals surface area (Å²) in [6, 6.07) is 1.04. The summed E-state index contributed by atoms with van der Waals surface area (Å²) in [4.78, 5) is 2.72. The predicted molar refractivity (Wildman–Crippen MR) is 85.3 cm³/mol. The van der Waals surface area contributed by atoms with Crippen molar-refractivity contribution in [1.29, 1.82) is 0 Å². The molecule has 0 aliphatic heterocycles. The fraction of sp³-hybridized carbons (Fsp3) is 1.00. The van der Waals surface area contributed by atoms with E-state index in [0.717, 1.165) is 11.8 Å². The second-order valence-electron chi connectivity index (χ2n) is 7.27. The van der Waals surface area contributed by atoms with Crippen molar-refractivity contribution in [1.82, 2.24) is 4.90 Å². The summed E-state index contributed by atoms with van der Waals surface area (Å²) >= 11 is 0. The lowest BCUT2D eigenvalue weighted by Gasteiger charge is -2.35. The number of nitrogens with two attached hydrogens (primary N) is 1. The van der Waals surface area contributed by atoms with Gasteiger partial charge in [0.05, 0.1) is 0 Å². The van der Waals surface area contributed by atoms with Crippen LogP contribution in [-0.4, -0.2) is 30.1 Å². The van der Waals surface area contributed by atoms with Crippen LogP contribution in [0.1, 0.15) is 72.6 Å². The van der Waals surface area contributed by atoms with E-state index in [1.165, 1.54) is 58.0 Å². The first-order valence-corrected chi connectivity index (χ1v) is 8.50. The SMILES string of the molecule is CC(C)CCN(CCC(C)C)C1CCCCCC1N. The molecule has 2 unspecified atom stereocenters. The summed E-state index contributed by atoms with van der Waals surface area (Å²) in [5.74, 6) is 1.59. The number of rotatable bonds is 7. The van der Waals surface area contributed by atoms with Gasteiger partial charge in [0.25, 0.3) is 0 Å². The maximum Gasteiger partial charge on any atom is 0.0247 e. The third kappa shape index (κ3) is 6.76. The van der Waals surface area contributed by atoms with E-state index in [2.05, 4.69) is 32.6 Å². The van der Waals surface area contributed by atoms with Crippen LogP contribution >= 0.6 is 0 Å². The van der Waals surface area contributed by atoms with Crippen molar-refractivity contribution in [3.8, 4) is 0 Å². The fourth-order valence-corrected chi connectivity index (χ4v) is 3.06. The Morgan fingerprint density at radius 1 is 0.895 bits per heavy atom. The first-order chi connectivity index (χ1) is 9.00. The van der Waals surface area contributed by atoms with Gasteiger partial charge in [-0.25, -0.2) is 0 Å². The zero-order chi connectivity index (χ0) is 14.3. The summed E-state index contributed by atoms with van der Waals surface area (Å²) in [5.41, 5.74) is 6.45. The van der Waals surface area contributed by atoms with Gasteiger partial charge in [0.2, 0.25) is 0 Å². The van der Waals surface area contributed by atoms with Gasteiger partial charge in [0.1, 0.15) is 0 Å². The number of nitrogens with zero attached hydrogens (tertiary/aromatic N) is 1. The summed E-state index contributed by atoms with van der Waals surface area (Å²) in [6.07, 6.45) is 9.25. The zero-order valence-corrected chi connectivity index (χ0v) is 13.7. The highest BCUT2D eigenvalue weighted by Gasteiger charge is 2.26. The van der Waals surface area contributed by atoms with Crippen molar-refractivity contribution < 1.29 is 0 Å². The summed E-state index contributed by atoms with van der Waals surface area (Å²) in [6.45, 7) is 11.8. The van der Waals surface area contributed by atoms with Gasteiger partial charge in [-0.1, -0.05) is 47.0 Å². The monoisotopic (exact) mass is 268 g/mol. The Morgan fingerprint density at radius 2 is 1.42 bits per heavy atom. The Morgan fingerprint density at radius 3 is 1.95 bits per heavy atom. The van der Waals surface area contributed by atoms with E-state index in [-0.39, 0.29) is 0 Å². The molecule has 1 saturated carbocycles. The standard InChI is InChI=1S/C17H36N2/c1-14(2)10-12-19(13-11-15(3)4)17-9-7-5-6-8-16(17)18/h14-17H,5-13,18H2,1-4H3. The van der Waals surface area contributed by atoms with Gasteiger partial charge in [-0.15, -0.1) is 0 Å². The average molecular weight is 268 g/mol. The minimum atomic E-state index is 0.404. The molecule has 0 aromatic rings. The van der Waals surface area contributed by atoms with Crippen molar-refractivity contribution in [3.63, 3.8) is 0 Å². The molecule has 19 heavy (non-hydrogen) atoms. The highest BCUT2D eigenvalue weighted by molar-refractivity contribution is 4.85. The van der Waals surface area contributed by atoms with Gasteiger partial charge < -0.3 is 5.73 Å². The first kappa shape index (κ1) is 17.0. The summed E-state index contributed by atoms with van der Waals surface area (Å²) < 4.78 is 0. The molecule has 0 heterocycles. The average Bonchev–Trinajstić information content (AvgIpc) is 2.54. The molecule has 0 amide bonds. The summed E-state index contributed by atoms with van der Waals surface area (Å²) in [5, 5.41) is 0. The highest BCUT2D eigenvalue weighted by Crippen LogP contribution is 2.23. The largest absolute Gasteiger partial charge is 0.326 e. The smallest absolute Gasteiger partial charge is 0.0247 e. The Bertz CT molecular complexity index is 213. The second-order valence-corrected chi connectivity index (χ2v) is 7.27. The Kier molecular flexibility index (Phi) is 8.01. The van der Waals surface area contributed by atoms with Crippen LogP contribution in [0.3, 0.4) is 0 Å². The molecule has 0 aromatic carbocycles. The van der Waals surface area contributed by atoms with E-state index in [0.29, 0.717) is 12.1 Å². The lowest BCUT2D eigenvalue weighted by molar-refractivity contribution is 0.147.